The Morgan fingerprint density at radius 1 is 1.03 bits per heavy atom. The quantitative estimate of drug-likeness (QED) is 0.479. The summed E-state index contributed by atoms with van der Waals surface area (Å²) in [6, 6.07) is 4.96. The molecule has 1 atom stereocenters. The van der Waals surface area contributed by atoms with E-state index in [2.05, 4.69) is 35.8 Å². The van der Waals surface area contributed by atoms with Gasteiger partial charge in [0.25, 0.3) is 5.91 Å². The van der Waals surface area contributed by atoms with Crippen molar-refractivity contribution in [3.05, 3.63) is 77.8 Å². The Bertz CT molecular complexity index is 1290. The fraction of sp³-hybridized carbons (Fsp3) is 0.227. The van der Waals surface area contributed by atoms with E-state index in [1.165, 1.54) is 23.1 Å². The van der Waals surface area contributed by atoms with Gasteiger partial charge in [0.05, 0.1) is 29.8 Å². The minimum Gasteiger partial charge on any atom is -0.344 e. The predicted octanol–water partition coefficient (Wildman–Crippen LogP) is 3.41. The van der Waals surface area contributed by atoms with Gasteiger partial charge in [0.2, 0.25) is 0 Å². The van der Waals surface area contributed by atoms with Gasteiger partial charge in [-0.1, -0.05) is 13.8 Å². The van der Waals surface area contributed by atoms with Gasteiger partial charge in [0.15, 0.2) is 11.6 Å². The highest BCUT2D eigenvalue weighted by Crippen LogP contribution is 2.27. The van der Waals surface area contributed by atoms with Crippen LogP contribution in [0.5, 0.6) is 0 Å². The standard InChI is InChI=1S/C22H20F2N8O/c1-12(2)21-29-30-31-32(21)17-7-14(20-18(24)9-16(23)10-27-20)6-15(8-17)22(33)28-13(3)19-11-25-4-5-26-19/h4-13H,1-3H3,(H,28,33). The van der Waals surface area contributed by atoms with Crippen LogP contribution in [0.25, 0.3) is 16.9 Å². The summed E-state index contributed by atoms with van der Waals surface area (Å²) in [5.41, 5.74) is 1.40. The van der Waals surface area contributed by atoms with Gasteiger partial charge in [-0.05, 0) is 35.5 Å². The van der Waals surface area contributed by atoms with Crippen LogP contribution in [0, 0.1) is 11.6 Å². The lowest BCUT2D eigenvalue weighted by atomic mass is 10.0. The number of hydrogen-bond donors (Lipinski definition) is 1. The van der Waals surface area contributed by atoms with Crippen LogP contribution in [0.1, 0.15) is 54.6 Å². The molecular formula is C22H20F2N8O. The van der Waals surface area contributed by atoms with Crippen molar-refractivity contribution in [2.24, 2.45) is 0 Å². The number of pyridine rings is 1. The maximum absolute atomic E-state index is 14.5. The molecule has 0 saturated carbocycles. The molecule has 0 aliphatic carbocycles. The maximum Gasteiger partial charge on any atom is 0.251 e. The topological polar surface area (TPSA) is 111 Å². The lowest BCUT2D eigenvalue weighted by Crippen LogP contribution is -2.27. The summed E-state index contributed by atoms with van der Waals surface area (Å²) in [6.07, 6.45) is 5.54. The van der Waals surface area contributed by atoms with Gasteiger partial charge < -0.3 is 5.32 Å². The first-order valence-electron chi connectivity index (χ1n) is 10.2. The monoisotopic (exact) mass is 450 g/mol. The van der Waals surface area contributed by atoms with Crippen molar-refractivity contribution in [1.29, 1.82) is 0 Å². The average Bonchev–Trinajstić information content (AvgIpc) is 3.30. The van der Waals surface area contributed by atoms with Gasteiger partial charge in [-0.15, -0.1) is 5.10 Å². The van der Waals surface area contributed by atoms with Gasteiger partial charge >= 0.3 is 0 Å². The number of tetrazole rings is 1. The van der Waals surface area contributed by atoms with E-state index < -0.39 is 23.6 Å². The molecule has 3 heterocycles. The lowest BCUT2D eigenvalue weighted by Gasteiger charge is -2.15. The molecule has 0 aliphatic rings. The molecule has 33 heavy (non-hydrogen) atoms. The van der Waals surface area contributed by atoms with E-state index in [4.69, 9.17) is 0 Å². The van der Waals surface area contributed by atoms with E-state index in [1.54, 1.807) is 25.3 Å². The number of nitrogens with one attached hydrogen (secondary N) is 1. The summed E-state index contributed by atoms with van der Waals surface area (Å²) >= 11 is 0. The zero-order valence-electron chi connectivity index (χ0n) is 18.1. The Balaban J connectivity index is 1.79. The number of nitrogens with zero attached hydrogens (tertiary/aromatic N) is 7. The predicted molar refractivity (Wildman–Crippen MR) is 114 cm³/mol. The molecule has 1 unspecified atom stereocenters. The van der Waals surface area contributed by atoms with Gasteiger partial charge in [-0.25, -0.2) is 8.78 Å². The van der Waals surface area contributed by atoms with Crippen molar-refractivity contribution in [3.63, 3.8) is 0 Å². The van der Waals surface area contributed by atoms with E-state index in [-0.39, 0.29) is 22.7 Å². The smallest absolute Gasteiger partial charge is 0.251 e. The molecule has 3 aromatic heterocycles. The van der Waals surface area contributed by atoms with Crippen molar-refractivity contribution in [2.75, 3.05) is 0 Å². The van der Waals surface area contributed by atoms with Crippen LogP contribution in [0.4, 0.5) is 8.78 Å². The summed E-state index contributed by atoms with van der Waals surface area (Å²) in [5, 5.41) is 14.6. The van der Waals surface area contributed by atoms with Crippen LogP contribution < -0.4 is 5.32 Å². The maximum atomic E-state index is 14.5. The highest BCUT2D eigenvalue weighted by molar-refractivity contribution is 5.96. The second-order valence-electron chi connectivity index (χ2n) is 7.68. The van der Waals surface area contributed by atoms with Crippen molar-refractivity contribution in [3.8, 4) is 16.9 Å². The molecule has 4 rings (SSSR count). The molecule has 0 bridgehead atoms. The third-order valence-electron chi connectivity index (χ3n) is 4.89. The van der Waals surface area contributed by atoms with Crippen LogP contribution in [0.2, 0.25) is 0 Å². The average molecular weight is 450 g/mol. The first-order valence-corrected chi connectivity index (χ1v) is 10.2. The van der Waals surface area contributed by atoms with E-state index in [0.717, 1.165) is 12.3 Å². The summed E-state index contributed by atoms with van der Waals surface area (Å²) in [5.74, 6) is -1.55. The van der Waals surface area contributed by atoms with Crippen molar-refractivity contribution >= 4 is 5.91 Å². The molecule has 0 spiro atoms. The highest BCUT2D eigenvalue weighted by atomic mass is 19.1. The number of halogens is 2. The second-order valence-corrected chi connectivity index (χ2v) is 7.68. The first kappa shape index (κ1) is 22.1. The number of rotatable bonds is 6. The van der Waals surface area contributed by atoms with Gasteiger partial charge in [-0.2, -0.15) is 4.68 Å². The SMILES string of the molecule is CC(C)c1nnnn1-c1cc(C(=O)NC(C)c2cnccn2)cc(-c2ncc(F)cc2F)c1. The summed E-state index contributed by atoms with van der Waals surface area (Å²) in [6.45, 7) is 5.61. The molecule has 9 nitrogen and oxygen atoms in total. The molecule has 1 amide bonds. The minimum absolute atomic E-state index is 0.0155. The number of hydrogen-bond acceptors (Lipinski definition) is 7. The lowest BCUT2D eigenvalue weighted by molar-refractivity contribution is 0.0939. The Morgan fingerprint density at radius 2 is 1.85 bits per heavy atom. The third-order valence-corrected chi connectivity index (χ3v) is 4.89. The third kappa shape index (κ3) is 4.71. The zero-order chi connectivity index (χ0) is 23.5. The van der Waals surface area contributed by atoms with Crippen molar-refractivity contribution in [2.45, 2.75) is 32.7 Å². The molecule has 1 N–H and O–H groups in total. The highest BCUT2D eigenvalue weighted by Gasteiger charge is 2.19. The number of carbonyl (C=O) groups excluding carboxylic acids is 1. The first-order chi connectivity index (χ1) is 15.8. The van der Waals surface area contributed by atoms with Crippen LogP contribution >= 0.6 is 0 Å². The Labute approximate surface area is 187 Å². The molecule has 168 valence electrons. The Kier molecular flexibility index (Phi) is 6.11. The number of aromatic nitrogens is 7. The summed E-state index contributed by atoms with van der Waals surface area (Å²) in [4.78, 5) is 25.2. The second kappa shape index (κ2) is 9.15. The number of amides is 1. The molecule has 0 aliphatic heterocycles. The minimum atomic E-state index is -0.854. The molecule has 0 fully saturated rings. The van der Waals surface area contributed by atoms with E-state index in [1.807, 2.05) is 13.8 Å². The van der Waals surface area contributed by atoms with E-state index in [9.17, 15) is 13.6 Å². The number of carbonyl (C=O) groups is 1. The summed E-state index contributed by atoms with van der Waals surface area (Å²) in [7, 11) is 0. The van der Waals surface area contributed by atoms with Crippen molar-refractivity contribution < 1.29 is 13.6 Å². The van der Waals surface area contributed by atoms with Crippen LogP contribution in [-0.4, -0.2) is 41.1 Å². The fourth-order valence-electron chi connectivity index (χ4n) is 3.25. The molecule has 4 aromatic rings. The molecular weight excluding hydrogens is 430 g/mol. The zero-order valence-corrected chi connectivity index (χ0v) is 18.1. The number of benzene rings is 1. The molecule has 1 aromatic carbocycles. The van der Waals surface area contributed by atoms with Gasteiger partial charge in [-0.3, -0.25) is 19.7 Å². The van der Waals surface area contributed by atoms with Gasteiger partial charge in [0.1, 0.15) is 11.5 Å². The van der Waals surface area contributed by atoms with Crippen molar-refractivity contribution in [1.82, 2.24) is 40.5 Å². The summed E-state index contributed by atoms with van der Waals surface area (Å²) < 4.78 is 29.4. The van der Waals surface area contributed by atoms with E-state index in [0.29, 0.717) is 17.2 Å². The molecule has 11 heteroatoms. The Morgan fingerprint density at radius 3 is 2.55 bits per heavy atom. The molecule has 0 saturated heterocycles. The normalized spacial score (nSPS) is 12.1. The van der Waals surface area contributed by atoms with Crippen LogP contribution in [-0.2, 0) is 0 Å². The largest absolute Gasteiger partial charge is 0.344 e. The fourth-order valence-corrected chi connectivity index (χ4v) is 3.25. The van der Waals surface area contributed by atoms with Gasteiger partial charge in [0, 0.05) is 35.5 Å². The molecule has 0 radical (unpaired) electrons. The van der Waals surface area contributed by atoms with Crippen LogP contribution in [0.3, 0.4) is 0 Å². The van der Waals surface area contributed by atoms with E-state index >= 15 is 0 Å². The Hall–Kier alpha value is -4.15. The van der Waals surface area contributed by atoms with Crippen LogP contribution in [0.15, 0.2) is 49.1 Å².